The lowest BCUT2D eigenvalue weighted by molar-refractivity contribution is -0.136. The number of hydrogen-bond acceptors (Lipinski definition) is 3. The number of esters is 1. The molecule has 0 aliphatic heterocycles. The number of aliphatic carboxylic acids is 1. The van der Waals surface area contributed by atoms with E-state index in [0.29, 0.717) is 5.57 Å². The average molecular weight is 200 g/mol. The predicted octanol–water partition coefficient (Wildman–Crippen LogP) is 1.77. The first-order valence-electron chi connectivity index (χ1n) is 3.93. The molecule has 4 nitrogen and oxygen atoms in total. The fourth-order valence-corrected chi connectivity index (χ4v) is 0.421. The molecule has 0 rings (SSSR count). The molecule has 0 saturated heterocycles. The van der Waals surface area contributed by atoms with Gasteiger partial charge in [-0.3, -0.25) is 0 Å². The summed E-state index contributed by atoms with van der Waals surface area (Å²) in [5, 5.41) is 8.01. The van der Waals surface area contributed by atoms with E-state index in [9.17, 15) is 9.59 Å². The second kappa shape index (κ2) is 8.04. The van der Waals surface area contributed by atoms with Crippen molar-refractivity contribution in [1.82, 2.24) is 0 Å². The number of carbonyl (C=O) groups is 2. The van der Waals surface area contributed by atoms with Crippen LogP contribution in [0.25, 0.3) is 0 Å². The van der Waals surface area contributed by atoms with E-state index in [4.69, 9.17) is 5.11 Å². The van der Waals surface area contributed by atoms with Crippen LogP contribution in [0.15, 0.2) is 23.8 Å². The fourth-order valence-electron chi connectivity index (χ4n) is 0.421. The largest absolute Gasteiger partial charge is 0.478 e. The summed E-state index contributed by atoms with van der Waals surface area (Å²) in [4.78, 5) is 19.9. The Kier molecular flexibility index (Phi) is 8.57. The molecule has 0 spiro atoms. The Balaban J connectivity index is 0. The highest BCUT2D eigenvalue weighted by molar-refractivity contribution is 5.86. The van der Waals surface area contributed by atoms with Gasteiger partial charge in [0.2, 0.25) is 0 Å². The van der Waals surface area contributed by atoms with E-state index in [1.807, 2.05) is 0 Å². The van der Waals surface area contributed by atoms with Crippen LogP contribution in [0.2, 0.25) is 0 Å². The second-order valence-electron chi connectivity index (χ2n) is 2.83. The number of methoxy groups -OCH3 is 1. The van der Waals surface area contributed by atoms with Crippen LogP contribution in [-0.2, 0) is 14.3 Å². The van der Waals surface area contributed by atoms with Crippen molar-refractivity contribution >= 4 is 11.9 Å². The molecule has 14 heavy (non-hydrogen) atoms. The van der Waals surface area contributed by atoms with Crippen molar-refractivity contribution in [3.05, 3.63) is 23.8 Å². The molecule has 0 bridgehead atoms. The predicted molar refractivity (Wildman–Crippen MR) is 53.9 cm³/mol. The number of rotatable bonds is 2. The highest BCUT2D eigenvalue weighted by atomic mass is 16.5. The SMILES string of the molecule is C=C(C)C(=O)OC.CC(C)=CC(=O)O. The van der Waals surface area contributed by atoms with E-state index in [-0.39, 0.29) is 5.97 Å². The van der Waals surface area contributed by atoms with Crippen molar-refractivity contribution < 1.29 is 19.4 Å². The molecule has 0 amide bonds. The van der Waals surface area contributed by atoms with E-state index < -0.39 is 5.97 Å². The molecule has 0 aromatic rings. The van der Waals surface area contributed by atoms with Gasteiger partial charge in [0, 0.05) is 11.6 Å². The number of carboxylic acids is 1. The van der Waals surface area contributed by atoms with Crippen molar-refractivity contribution in [2.75, 3.05) is 7.11 Å². The van der Waals surface area contributed by atoms with Gasteiger partial charge in [0.15, 0.2) is 0 Å². The number of ether oxygens (including phenoxy) is 1. The minimum absolute atomic E-state index is 0.347. The van der Waals surface area contributed by atoms with Gasteiger partial charge in [-0.25, -0.2) is 9.59 Å². The summed E-state index contributed by atoms with van der Waals surface area (Å²) in [6.07, 6.45) is 1.17. The Bertz CT molecular complexity index is 247. The molecular formula is C10H16O4. The lowest BCUT2D eigenvalue weighted by Crippen LogP contribution is -1.98. The first-order chi connectivity index (χ1) is 6.31. The van der Waals surface area contributed by atoms with E-state index in [1.165, 1.54) is 13.2 Å². The smallest absolute Gasteiger partial charge is 0.332 e. The molecular weight excluding hydrogens is 184 g/mol. The van der Waals surface area contributed by atoms with Gasteiger partial charge in [0.25, 0.3) is 0 Å². The van der Waals surface area contributed by atoms with Crippen LogP contribution in [0.3, 0.4) is 0 Å². The third-order valence-electron chi connectivity index (χ3n) is 0.946. The summed E-state index contributed by atoms with van der Waals surface area (Å²) in [6.45, 7) is 8.44. The topological polar surface area (TPSA) is 63.6 Å². The quantitative estimate of drug-likeness (QED) is 0.545. The molecule has 0 fully saturated rings. The molecule has 0 radical (unpaired) electrons. The number of allylic oxidation sites excluding steroid dienone is 1. The summed E-state index contributed by atoms with van der Waals surface area (Å²) in [7, 11) is 1.33. The van der Waals surface area contributed by atoms with Crippen molar-refractivity contribution in [3.8, 4) is 0 Å². The minimum Gasteiger partial charge on any atom is -0.478 e. The molecule has 4 heteroatoms. The van der Waals surface area contributed by atoms with Crippen LogP contribution in [-0.4, -0.2) is 24.2 Å². The third kappa shape index (κ3) is 13.0. The Morgan fingerprint density at radius 2 is 1.71 bits per heavy atom. The summed E-state index contributed by atoms with van der Waals surface area (Å²) < 4.78 is 4.27. The van der Waals surface area contributed by atoms with E-state index in [0.717, 1.165) is 5.57 Å². The number of hydrogen-bond donors (Lipinski definition) is 1. The maximum Gasteiger partial charge on any atom is 0.332 e. The summed E-state index contributed by atoms with van der Waals surface area (Å²) in [5.74, 6) is -1.22. The molecule has 0 heterocycles. The van der Waals surface area contributed by atoms with Crippen molar-refractivity contribution in [2.45, 2.75) is 20.8 Å². The van der Waals surface area contributed by atoms with Gasteiger partial charge in [-0.15, -0.1) is 0 Å². The van der Waals surface area contributed by atoms with Crippen molar-refractivity contribution in [2.24, 2.45) is 0 Å². The first-order valence-corrected chi connectivity index (χ1v) is 3.93. The molecule has 0 atom stereocenters. The standard InChI is InChI=1S/2C5H8O2/c1-4(2)5(6)7-3;1-4(2)3-5(6)7/h1H2,2-3H3;3H,1-2H3,(H,6,7). The monoisotopic (exact) mass is 200 g/mol. The molecule has 0 aromatic heterocycles. The molecule has 0 aliphatic carbocycles. The van der Waals surface area contributed by atoms with Crippen LogP contribution in [0.1, 0.15) is 20.8 Å². The summed E-state index contributed by atoms with van der Waals surface area (Å²) in [5.41, 5.74) is 1.25. The normalized spacial score (nSPS) is 7.71. The van der Waals surface area contributed by atoms with Gasteiger partial charge in [0.1, 0.15) is 0 Å². The Morgan fingerprint density at radius 1 is 1.29 bits per heavy atom. The zero-order chi connectivity index (χ0) is 11.7. The van der Waals surface area contributed by atoms with Gasteiger partial charge in [-0.05, 0) is 20.8 Å². The molecule has 0 unspecified atom stereocenters. The second-order valence-corrected chi connectivity index (χ2v) is 2.83. The van der Waals surface area contributed by atoms with Crippen LogP contribution < -0.4 is 0 Å². The lowest BCUT2D eigenvalue weighted by Gasteiger charge is -1.91. The zero-order valence-electron chi connectivity index (χ0n) is 8.96. The number of carbonyl (C=O) groups excluding carboxylic acids is 1. The van der Waals surface area contributed by atoms with Gasteiger partial charge < -0.3 is 9.84 Å². The fraction of sp³-hybridized carbons (Fsp3) is 0.400. The summed E-state index contributed by atoms with van der Waals surface area (Å²) >= 11 is 0. The van der Waals surface area contributed by atoms with Gasteiger partial charge in [-0.1, -0.05) is 12.2 Å². The van der Waals surface area contributed by atoms with Crippen molar-refractivity contribution in [1.29, 1.82) is 0 Å². The molecule has 0 aromatic carbocycles. The van der Waals surface area contributed by atoms with Gasteiger partial charge in [0.05, 0.1) is 7.11 Å². The van der Waals surface area contributed by atoms with Crippen LogP contribution in [0, 0.1) is 0 Å². The first kappa shape index (κ1) is 14.9. The van der Waals surface area contributed by atoms with Crippen LogP contribution in [0.5, 0.6) is 0 Å². The Labute approximate surface area is 83.9 Å². The minimum atomic E-state index is -0.875. The third-order valence-corrected chi connectivity index (χ3v) is 0.946. The number of carboxylic acid groups (broad SMARTS) is 1. The van der Waals surface area contributed by atoms with Crippen LogP contribution >= 0.6 is 0 Å². The Hall–Kier alpha value is -1.58. The molecule has 80 valence electrons. The summed E-state index contributed by atoms with van der Waals surface area (Å²) in [6, 6.07) is 0. The highest BCUT2D eigenvalue weighted by Crippen LogP contribution is 1.87. The maximum atomic E-state index is 10.2. The lowest BCUT2D eigenvalue weighted by atomic mass is 10.3. The molecule has 0 saturated carbocycles. The molecule has 1 N–H and O–H groups in total. The van der Waals surface area contributed by atoms with Gasteiger partial charge in [-0.2, -0.15) is 0 Å². The molecule has 0 aliphatic rings. The highest BCUT2D eigenvalue weighted by Gasteiger charge is 1.95. The zero-order valence-corrected chi connectivity index (χ0v) is 8.96. The average Bonchev–Trinajstić information content (AvgIpc) is 2.01. The van der Waals surface area contributed by atoms with Gasteiger partial charge >= 0.3 is 11.9 Å². The van der Waals surface area contributed by atoms with Crippen LogP contribution in [0.4, 0.5) is 0 Å². The van der Waals surface area contributed by atoms with E-state index in [1.54, 1.807) is 20.8 Å². The van der Waals surface area contributed by atoms with E-state index in [2.05, 4.69) is 11.3 Å². The Morgan fingerprint density at radius 3 is 1.71 bits per heavy atom. The van der Waals surface area contributed by atoms with Crippen molar-refractivity contribution in [3.63, 3.8) is 0 Å². The maximum absolute atomic E-state index is 10.2. The van der Waals surface area contributed by atoms with E-state index >= 15 is 0 Å².